The number of nitrogens with two attached hydrogens (primary N) is 1. The minimum Gasteiger partial charge on any atom is -0.488 e. The van der Waals surface area contributed by atoms with E-state index in [1.807, 2.05) is 0 Å². The fourth-order valence-electron chi connectivity index (χ4n) is 0.937. The minimum absolute atomic E-state index is 0.122. The first-order chi connectivity index (χ1) is 7.13. The number of halogens is 2. The zero-order valence-electron chi connectivity index (χ0n) is 7.82. The van der Waals surface area contributed by atoms with Gasteiger partial charge < -0.3 is 14.7 Å². The molecule has 0 radical (unpaired) electrons. The highest BCUT2D eigenvalue weighted by Gasteiger charge is 2.08. The Bertz CT molecular complexity index is 322. The molecule has 3 N–H and O–H groups in total. The lowest BCUT2D eigenvalue weighted by Crippen LogP contribution is -2.25. The normalized spacial score (nSPS) is 12.5. The molecule has 4 nitrogen and oxygen atoms in total. The van der Waals surface area contributed by atoms with Gasteiger partial charge in [-0.25, -0.2) is 14.7 Å². The summed E-state index contributed by atoms with van der Waals surface area (Å²) in [6, 6.07) is 2.89. The van der Waals surface area contributed by atoms with Crippen molar-refractivity contribution in [3.05, 3.63) is 29.8 Å². The van der Waals surface area contributed by atoms with Crippen molar-refractivity contribution >= 4 is 0 Å². The van der Waals surface area contributed by atoms with Gasteiger partial charge in [0.15, 0.2) is 11.6 Å². The Morgan fingerprint density at radius 2 is 2.07 bits per heavy atom. The van der Waals surface area contributed by atoms with Crippen molar-refractivity contribution in [1.29, 1.82) is 0 Å². The van der Waals surface area contributed by atoms with Crippen LogP contribution in [0.2, 0.25) is 0 Å². The average Bonchev–Trinajstić information content (AvgIpc) is 2.17. The third-order valence-corrected chi connectivity index (χ3v) is 1.61. The largest absolute Gasteiger partial charge is 0.488 e. The van der Waals surface area contributed by atoms with Crippen molar-refractivity contribution < 1.29 is 23.5 Å². The van der Waals surface area contributed by atoms with Crippen LogP contribution in [0.25, 0.3) is 0 Å². The summed E-state index contributed by atoms with van der Waals surface area (Å²) in [6.45, 7) is -0.303. The van der Waals surface area contributed by atoms with Gasteiger partial charge in [-0.1, -0.05) is 0 Å². The Hall–Kier alpha value is -1.24. The number of aliphatic hydroxyl groups is 1. The van der Waals surface area contributed by atoms with Crippen molar-refractivity contribution in [2.24, 2.45) is 5.90 Å². The molecule has 0 aliphatic carbocycles. The predicted molar refractivity (Wildman–Crippen MR) is 48.0 cm³/mol. The smallest absolute Gasteiger partial charge is 0.167 e. The van der Waals surface area contributed by atoms with Gasteiger partial charge in [0.05, 0.1) is 6.61 Å². The van der Waals surface area contributed by atoms with Gasteiger partial charge in [-0.3, -0.25) is 0 Å². The van der Waals surface area contributed by atoms with E-state index in [-0.39, 0.29) is 19.0 Å². The Kier molecular flexibility index (Phi) is 4.41. The maximum absolute atomic E-state index is 13.0. The predicted octanol–water partition coefficient (Wildman–Crippen LogP) is 0.595. The Balaban J connectivity index is 2.50. The van der Waals surface area contributed by atoms with Crippen LogP contribution >= 0.6 is 0 Å². The molecule has 0 aromatic heterocycles. The molecule has 0 amide bonds. The molecule has 6 heteroatoms. The number of ether oxygens (including phenoxy) is 1. The molecule has 84 valence electrons. The van der Waals surface area contributed by atoms with Crippen molar-refractivity contribution in [2.75, 3.05) is 13.2 Å². The minimum atomic E-state index is -0.959. The Labute approximate surface area is 85.2 Å². The number of rotatable bonds is 5. The van der Waals surface area contributed by atoms with Gasteiger partial charge in [-0.05, 0) is 12.1 Å². The van der Waals surface area contributed by atoms with Crippen LogP contribution in [0, 0.1) is 11.6 Å². The van der Waals surface area contributed by atoms with E-state index in [4.69, 9.17) is 15.7 Å². The maximum atomic E-state index is 13.0. The number of aliphatic hydroxyl groups excluding tert-OH is 1. The third-order valence-electron chi connectivity index (χ3n) is 1.61. The number of hydrogen-bond donors (Lipinski definition) is 2. The van der Waals surface area contributed by atoms with Gasteiger partial charge in [0.1, 0.15) is 18.5 Å². The summed E-state index contributed by atoms with van der Waals surface area (Å²) < 4.78 is 30.3. The monoisotopic (exact) mass is 219 g/mol. The molecule has 0 bridgehead atoms. The molecule has 0 fully saturated rings. The fourth-order valence-corrected chi connectivity index (χ4v) is 0.937. The highest BCUT2D eigenvalue weighted by Crippen LogP contribution is 2.17. The molecular weight excluding hydrogens is 208 g/mol. The average molecular weight is 219 g/mol. The summed E-state index contributed by atoms with van der Waals surface area (Å²) in [5, 5.41) is 9.13. The van der Waals surface area contributed by atoms with Gasteiger partial charge in [-0.2, -0.15) is 0 Å². The molecule has 0 saturated carbocycles. The summed E-state index contributed by atoms with van der Waals surface area (Å²) in [5.41, 5.74) is 0. The van der Waals surface area contributed by atoms with Gasteiger partial charge in [0.2, 0.25) is 0 Å². The first-order valence-corrected chi connectivity index (χ1v) is 4.21. The zero-order chi connectivity index (χ0) is 11.3. The molecule has 15 heavy (non-hydrogen) atoms. The van der Waals surface area contributed by atoms with E-state index in [0.29, 0.717) is 6.07 Å². The van der Waals surface area contributed by atoms with Gasteiger partial charge in [0.25, 0.3) is 0 Å². The van der Waals surface area contributed by atoms with Crippen LogP contribution in [0.1, 0.15) is 0 Å². The molecular formula is C9H11F2NO3. The van der Waals surface area contributed by atoms with E-state index in [2.05, 4.69) is 4.84 Å². The number of hydrogen-bond acceptors (Lipinski definition) is 4. The molecule has 0 aliphatic heterocycles. The maximum Gasteiger partial charge on any atom is 0.167 e. The second kappa shape index (κ2) is 5.59. The molecule has 0 spiro atoms. The molecule has 1 atom stereocenters. The Morgan fingerprint density at radius 1 is 1.33 bits per heavy atom. The van der Waals surface area contributed by atoms with E-state index in [1.54, 1.807) is 0 Å². The van der Waals surface area contributed by atoms with Crippen LogP contribution in [-0.4, -0.2) is 24.4 Å². The van der Waals surface area contributed by atoms with Crippen molar-refractivity contribution in [3.63, 3.8) is 0 Å². The van der Waals surface area contributed by atoms with Crippen LogP contribution in [0.4, 0.5) is 8.78 Å². The highest BCUT2D eigenvalue weighted by molar-refractivity contribution is 5.24. The summed E-state index contributed by atoms with van der Waals surface area (Å²) in [7, 11) is 0. The molecule has 1 rings (SSSR count). The van der Waals surface area contributed by atoms with Gasteiger partial charge in [0, 0.05) is 6.07 Å². The summed E-state index contributed by atoms with van der Waals surface area (Å²) >= 11 is 0. The molecule has 0 heterocycles. The first-order valence-electron chi connectivity index (χ1n) is 4.21. The zero-order valence-corrected chi connectivity index (χ0v) is 7.82. The lowest BCUT2D eigenvalue weighted by Gasteiger charge is -2.11. The van der Waals surface area contributed by atoms with Crippen molar-refractivity contribution in [1.82, 2.24) is 0 Å². The Morgan fingerprint density at radius 3 is 2.67 bits per heavy atom. The highest BCUT2D eigenvalue weighted by atomic mass is 19.1. The van der Waals surface area contributed by atoms with Crippen LogP contribution in [0.3, 0.4) is 0 Å². The fraction of sp³-hybridized carbons (Fsp3) is 0.333. The summed E-state index contributed by atoms with van der Waals surface area (Å²) in [5.74, 6) is 3.06. The van der Waals surface area contributed by atoms with Crippen LogP contribution < -0.4 is 10.6 Å². The molecule has 0 saturated heterocycles. The van der Waals surface area contributed by atoms with Crippen LogP contribution in [0.15, 0.2) is 18.2 Å². The summed E-state index contributed by atoms with van der Waals surface area (Å²) in [4.78, 5) is 4.16. The second-order valence-corrected chi connectivity index (χ2v) is 2.87. The molecule has 1 unspecified atom stereocenters. The third kappa shape index (κ3) is 3.78. The molecule has 1 aromatic rings. The molecule has 0 aliphatic rings. The van der Waals surface area contributed by atoms with E-state index < -0.39 is 17.7 Å². The standard InChI is InChI=1S/C9H11F2NO3/c10-6-1-2-9(8(11)3-6)14-4-7(13)5-15-12/h1-3,7,13H,4-5,12H2. The topological polar surface area (TPSA) is 64.7 Å². The summed E-state index contributed by atoms with van der Waals surface area (Å²) in [6.07, 6.45) is -0.959. The van der Waals surface area contributed by atoms with Crippen LogP contribution in [-0.2, 0) is 4.84 Å². The van der Waals surface area contributed by atoms with Crippen LogP contribution in [0.5, 0.6) is 5.75 Å². The van der Waals surface area contributed by atoms with E-state index in [1.165, 1.54) is 0 Å². The van der Waals surface area contributed by atoms with Crippen molar-refractivity contribution in [2.45, 2.75) is 6.10 Å². The quantitative estimate of drug-likeness (QED) is 0.711. The molecule has 1 aromatic carbocycles. The van der Waals surface area contributed by atoms with Gasteiger partial charge in [-0.15, -0.1) is 0 Å². The SMILES string of the molecule is NOCC(O)COc1ccc(F)cc1F. The van der Waals surface area contributed by atoms with Crippen molar-refractivity contribution in [3.8, 4) is 5.75 Å². The number of benzene rings is 1. The van der Waals surface area contributed by atoms with E-state index in [0.717, 1.165) is 12.1 Å². The van der Waals surface area contributed by atoms with E-state index in [9.17, 15) is 8.78 Å². The second-order valence-electron chi connectivity index (χ2n) is 2.87. The van der Waals surface area contributed by atoms with E-state index >= 15 is 0 Å². The first kappa shape index (κ1) is 11.8. The lowest BCUT2D eigenvalue weighted by molar-refractivity contribution is 0.0109. The van der Waals surface area contributed by atoms with Gasteiger partial charge >= 0.3 is 0 Å². The lowest BCUT2D eigenvalue weighted by atomic mass is 10.3.